The largest absolute Gasteiger partial charge is 0.392 e. The number of likely N-dealkylation sites (tertiary alicyclic amines) is 1. The second kappa shape index (κ2) is 4.07. The molecular weight excluding hydrogens is 138 g/mol. The van der Waals surface area contributed by atoms with E-state index in [4.69, 9.17) is 0 Å². The van der Waals surface area contributed by atoms with Gasteiger partial charge in [0.05, 0.1) is 6.10 Å². The van der Waals surface area contributed by atoms with Crippen molar-refractivity contribution in [2.75, 3.05) is 13.1 Å². The monoisotopic (exact) mass is 157 g/mol. The van der Waals surface area contributed by atoms with Crippen LogP contribution in [0.2, 0.25) is 0 Å². The van der Waals surface area contributed by atoms with Crippen molar-refractivity contribution < 1.29 is 5.11 Å². The zero-order valence-corrected chi connectivity index (χ0v) is 7.58. The molecule has 0 aliphatic carbocycles. The van der Waals surface area contributed by atoms with E-state index in [-0.39, 0.29) is 6.10 Å². The highest BCUT2D eigenvalue weighted by molar-refractivity contribution is 4.73. The van der Waals surface area contributed by atoms with E-state index < -0.39 is 0 Å². The summed E-state index contributed by atoms with van der Waals surface area (Å²) in [4.78, 5) is 2.38. The summed E-state index contributed by atoms with van der Waals surface area (Å²) < 4.78 is 0. The topological polar surface area (TPSA) is 23.5 Å². The van der Waals surface area contributed by atoms with Gasteiger partial charge in [-0.3, -0.25) is 4.90 Å². The van der Waals surface area contributed by atoms with Crippen molar-refractivity contribution in [2.45, 2.75) is 45.3 Å². The fourth-order valence-electron chi connectivity index (χ4n) is 1.77. The molecule has 66 valence electrons. The Balaban J connectivity index is 2.29. The second-order valence-electron chi connectivity index (χ2n) is 3.69. The molecule has 0 aromatic heterocycles. The third-order valence-electron chi connectivity index (χ3n) is 2.44. The van der Waals surface area contributed by atoms with E-state index in [0.29, 0.717) is 6.04 Å². The molecule has 0 spiro atoms. The van der Waals surface area contributed by atoms with Crippen molar-refractivity contribution >= 4 is 0 Å². The van der Waals surface area contributed by atoms with E-state index in [1.807, 2.05) is 6.92 Å². The third-order valence-corrected chi connectivity index (χ3v) is 2.44. The maximum absolute atomic E-state index is 9.18. The summed E-state index contributed by atoms with van der Waals surface area (Å²) in [6.07, 6.45) is 3.79. The van der Waals surface area contributed by atoms with Crippen LogP contribution in [0.1, 0.15) is 33.1 Å². The summed E-state index contributed by atoms with van der Waals surface area (Å²) in [5.74, 6) is 0. The van der Waals surface area contributed by atoms with Crippen molar-refractivity contribution in [1.82, 2.24) is 4.90 Å². The SMILES string of the molecule is C[C@@H](O)CN1CCCC[C@@H]1C. The van der Waals surface area contributed by atoms with Crippen molar-refractivity contribution in [3.8, 4) is 0 Å². The standard InChI is InChI=1S/C9H19NO/c1-8-5-3-4-6-10(8)7-9(2)11/h8-9,11H,3-7H2,1-2H3/t8-,9+/m0/s1. The first-order valence-corrected chi connectivity index (χ1v) is 4.62. The number of rotatable bonds is 2. The number of piperidine rings is 1. The first kappa shape index (κ1) is 9.01. The fraction of sp³-hybridized carbons (Fsp3) is 1.00. The van der Waals surface area contributed by atoms with Crippen LogP contribution in [0.4, 0.5) is 0 Å². The summed E-state index contributed by atoms with van der Waals surface area (Å²) in [7, 11) is 0. The number of aliphatic hydroxyl groups is 1. The van der Waals surface area contributed by atoms with Gasteiger partial charge in [-0.05, 0) is 33.2 Å². The Morgan fingerprint density at radius 2 is 2.27 bits per heavy atom. The van der Waals surface area contributed by atoms with E-state index in [1.54, 1.807) is 0 Å². The molecule has 0 unspecified atom stereocenters. The van der Waals surface area contributed by atoms with Crippen LogP contribution in [0.3, 0.4) is 0 Å². The number of β-amino-alcohol motifs (C(OH)–C–C–N with tert-alkyl or cyclic N) is 1. The zero-order valence-electron chi connectivity index (χ0n) is 7.58. The van der Waals surface area contributed by atoms with Crippen LogP contribution in [0.25, 0.3) is 0 Å². The minimum atomic E-state index is -0.171. The molecule has 1 saturated heterocycles. The van der Waals surface area contributed by atoms with Crippen LogP contribution < -0.4 is 0 Å². The van der Waals surface area contributed by atoms with Gasteiger partial charge in [0, 0.05) is 12.6 Å². The van der Waals surface area contributed by atoms with E-state index in [0.717, 1.165) is 6.54 Å². The summed E-state index contributed by atoms with van der Waals surface area (Å²) >= 11 is 0. The lowest BCUT2D eigenvalue weighted by Crippen LogP contribution is -2.41. The number of aliphatic hydroxyl groups excluding tert-OH is 1. The van der Waals surface area contributed by atoms with Crippen LogP contribution in [-0.4, -0.2) is 35.2 Å². The Labute approximate surface area is 69.2 Å². The van der Waals surface area contributed by atoms with Crippen molar-refractivity contribution in [1.29, 1.82) is 0 Å². The normalized spacial score (nSPS) is 30.3. The Kier molecular flexibility index (Phi) is 3.34. The van der Waals surface area contributed by atoms with Crippen LogP contribution in [0.15, 0.2) is 0 Å². The predicted octanol–water partition coefficient (Wildman–Crippen LogP) is 1.24. The highest BCUT2D eigenvalue weighted by Gasteiger charge is 2.18. The first-order valence-electron chi connectivity index (χ1n) is 4.62. The average Bonchev–Trinajstić information content (AvgIpc) is 1.93. The molecule has 1 rings (SSSR count). The van der Waals surface area contributed by atoms with E-state index in [1.165, 1.54) is 25.8 Å². The van der Waals surface area contributed by atoms with Crippen LogP contribution in [0, 0.1) is 0 Å². The van der Waals surface area contributed by atoms with Crippen molar-refractivity contribution in [3.63, 3.8) is 0 Å². The molecule has 0 saturated carbocycles. The number of nitrogens with zero attached hydrogens (tertiary/aromatic N) is 1. The lowest BCUT2D eigenvalue weighted by molar-refractivity contribution is 0.0832. The van der Waals surface area contributed by atoms with E-state index in [2.05, 4.69) is 11.8 Å². The lowest BCUT2D eigenvalue weighted by atomic mass is 10.0. The summed E-state index contributed by atoms with van der Waals surface area (Å²) in [5.41, 5.74) is 0. The molecular formula is C9H19NO. The second-order valence-corrected chi connectivity index (χ2v) is 3.69. The number of hydrogen-bond donors (Lipinski definition) is 1. The Morgan fingerprint density at radius 1 is 1.55 bits per heavy atom. The summed E-state index contributed by atoms with van der Waals surface area (Å²) in [6, 6.07) is 0.679. The molecule has 0 radical (unpaired) electrons. The van der Waals surface area contributed by atoms with Gasteiger partial charge in [-0.1, -0.05) is 6.42 Å². The van der Waals surface area contributed by atoms with E-state index in [9.17, 15) is 5.11 Å². The van der Waals surface area contributed by atoms with Crippen LogP contribution in [-0.2, 0) is 0 Å². The molecule has 2 nitrogen and oxygen atoms in total. The van der Waals surface area contributed by atoms with Gasteiger partial charge < -0.3 is 5.11 Å². The van der Waals surface area contributed by atoms with Gasteiger partial charge in [0.2, 0.25) is 0 Å². The Hall–Kier alpha value is -0.0800. The molecule has 11 heavy (non-hydrogen) atoms. The summed E-state index contributed by atoms with van der Waals surface area (Å²) in [6.45, 7) is 6.14. The van der Waals surface area contributed by atoms with Gasteiger partial charge in [-0.2, -0.15) is 0 Å². The van der Waals surface area contributed by atoms with Gasteiger partial charge >= 0.3 is 0 Å². The Morgan fingerprint density at radius 3 is 2.82 bits per heavy atom. The highest BCUT2D eigenvalue weighted by atomic mass is 16.3. The average molecular weight is 157 g/mol. The quantitative estimate of drug-likeness (QED) is 0.652. The van der Waals surface area contributed by atoms with Crippen LogP contribution in [0.5, 0.6) is 0 Å². The zero-order chi connectivity index (χ0) is 8.27. The minimum absolute atomic E-state index is 0.171. The molecule has 0 aromatic rings. The molecule has 1 aliphatic rings. The summed E-state index contributed by atoms with van der Waals surface area (Å²) in [5, 5.41) is 9.18. The minimum Gasteiger partial charge on any atom is -0.392 e. The molecule has 1 heterocycles. The van der Waals surface area contributed by atoms with Gasteiger partial charge in [-0.15, -0.1) is 0 Å². The van der Waals surface area contributed by atoms with E-state index >= 15 is 0 Å². The molecule has 0 aromatic carbocycles. The number of hydrogen-bond acceptors (Lipinski definition) is 2. The maximum atomic E-state index is 9.18. The van der Waals surface area contributed by atoms with Gasteiger partial charge in [0.15, 0.2) is 0 Å². The molecule has 2 atom stereocenters. The Bertz CT molecular complexity index is 114. The van der Waals surface area contributed by atoms with Gasteiger partial charge in [-0.25, -0.2) is 0 Å². The predicted molar refractivity (Wildman–Crippen MR) is 46.6 cm³/mol. The third kappa shape index (κ3) is 2.80. The molecule has 0 amide bonds. The molecule has 2 heteroatoms. The van der Waals surface area contributed by atoms with Crippen LogP contribution >= 0.6 is 0 Å². The molecule has 1 N–H and O–H groups in total. The van der Waals surface area contributed by atoms with Gasteiger partial charge in [0.1, 0.15) is 0 Å². The van der Waals surface area contributed by atoms with Crippen molar-refractivity contribution in [3.05, 3.63) is 0 Å². The molecule has 0 bridgehead atoms. The van der Waals surface area contributed by atoms with Gasteiger partial charge in [0.25, 0.3) is 0 Å². The lowest BCUT2D eigenvalue weighted by Gasteiger charge is -2.33. The first-order chi connectivity index (χ1) is 5.20. The van der Waals surface area contributed by atoms with Crippen molar-refractivity contribution in [2.24, 2.45) is 0 Å². The smallest absolute Gasteiger partial charge is 0.0639 e. The fourth-order valence-corrected chi connectivity index (χ4v) is 1.77. The molecule has 1 aliphatic heterocycles. The highest BCUT2D eigenvalue weighted by Crippen LogP contribution is 2.15. The maximum Gasteiger partial charge on any atom is 0.0639 e. The molecule has 1 fully saturated rings.